The van der Waals surface area contributed by atoms with Gasteiger partial charge in [-0.15, -0.1) is 5.59 Å². The van der Waals surface area contributed by atoms with Crippen LogP contribution in [0.5, 0.6) is 0 Å². The van der Waals surface area contributed by atoms with Gasteiger partial charge >= 0.3 is 13.8 Å². The largest absolute Gasteiger partial charge is 0.492 e. The van der Waals surface area contributed by atoms with Crippen molar-refractivity contribution in [3.8, 4) is 0 Å². The summed E-state index contributed by atoms with van der Waals surface area (Å²) in [4.78, 5) is 10.6. The van der Waals surface area contributed by atoms with Crippen LogP contribution in [0.2, 0.25) is 0 Å². The zero-order valence-corrected chi connectivity index (χ0v) is 11.4. The van der Waals surface area contributed by atoms with Crippen LogP contribution in [0.1, 0.15) is 13.8 Å². The minimum atomic E-state index is -3.71. The lowest BCUT2D eigenvalue weighted by Crippen LogP contribution is -2.46. The molecule has 0 radical (unpaired) electrons. The Morgan fingerprint density at radius 3 is 2.29 bits per heavy atom. The Morgan fingerprint density at radius 1 is 1.41 bits per heavy atom. The number of hydrogen-bond acceptors (Lipinski definition) is 8. The quantitative estimate of drug-likeness (QED) is 0.263. The molecule has 0 heterocycles. The number of carbonyl (C=O) groups is 1. The highest BCUT2D eigenvalue weighted by Crippen LogP contribution is 2.47. The van der Waals surface area contributed by atoms with E-state index in [2.05, 4.69) is 22.7 Å². The van der Waals surface area contributed by atoms with E-state index in [-0.39, 0.29) is 19.0 Å². The molecule has 102 valence electrons. The van der Waals surface area contributed by atoms with Gasteiger partial charge in [-0.05, 0) is 13.8 Å². The van der Waals surface area contributed by atoms with E-state index in [9.17, 15) is 9.36 Å². The summed E-state index contributed by atoms with van der Waals surface area (Å²) < 4.78 is 25.9. The van der Waals surface area contributed by atoms with E-state index in [0.29, 0.717) is 0 Å². The fourth-order valence-corrected chi connectivity index (χ4v) is 1.97. The molecule has 0 aromatic rings. The van der Waals surface area contributed by atoms with Gasteiger partial charge < -0.3 is 5.11 Å². The van der Waals surface area contributed by atoms with E-state index in [1.165, 1.54) is 0 Å². The van der Waals surface area contributed by atoms with Crippen LogP contribution >= 0.6 is 20.5 Å². The number of thiol groups is 1. The first-order valence-corrected chi connectivity index (χ1v) is 7.00. The normalized spacial score (nSPS) is 13.6. The molecule has 0 aliphatic rings. The van der Waals surface area contributed by atoms with Crippen molar-refractivity contribution in [3.63, 3.8) is 0 Å². The van der Waals surface area contributed by atoms with Crippen LogP contribution in [-0.4, -0.2) is 36.1 Å². The van der Waals surface area contributed by atoms with Gasteiger partial charge in [-0.3, -0.25) is 13.8 Å². The summed E-state index contributed by atoms with van der Waals surface area (Å²) in [7, 11) is -3.71. The van der Waals surface area contributed by atoms with Crippen molar-refractivity contribution in [1.82, 2.24) is 11.0 Å². The van der Waals surface area contributed by atoms with E-state index in [4.69, 9.17) is 14.2 Å². The number of aliphatic carboxylic acids is 1. The number of hydrazine groups is 1. The highest BCUT2D eigenvalue weighted by atomic mass is 32.1. The molecule has 0 aromatic heterocycles. The second kappa shape index (κ2) is 8.87. The van der Waals surface area contributed by atoms with Gasteiger partial charge in [0, 0.05) is 5.75 Å². The topological polar surface area (TPSA) is 106 Å². The third kappa shape index (κ3) is 6.99. The van der Waals surface area contributed by atoms with E-state index in [0.717, 1.165) is 0 Å². The fourth-order valence-electron chi connectivity index (χ4n) is 0.745. The summed E-state index contributed by atoms with van der Waals surface area (Å²) in [6, 6.07) is -0.991. The Kier molecular flexibility index (Phi) is 8.79. The van der Waals surface area contributed by atoms with E-state index in [1.54, 1.807) is 13.8 Å². The first-order valence-electron chi connectivity index (χ1n) is 4.91. The molecule has 1 atom stereocenters. The number of nitrogens with one attached hydrogen (secondary N) is 2. The maximum atomic E-state index is 11.7. The molecule has 0 spiro atoms. The maximum Gasteiger partial charge on any atom is 0.492 e. The van der Waals surface area contributed by atoms with Crippen molar-refractivity contribution >= 4 is 26.4 Å². The van der Waals surface area contributed by atoms with Crippen molar-refractivity contribution in [3.05, 3.63) is 0 Å². The predicted molar refractivity (Wildman–Crippen MR) is 63.5 cm³/mol. The minimum absolute atomic E-state index is 0.0270. The molecule has 0 unspecified atom stereocenters. The number of phosphoric ester groups is 1. The molecule has 0 bridgehead atoms. The lowest BCUT2D eigenvalue weighted by Gasteiger charge is -2.18. The molecule has 0 saturated heterocycles. The zero-order chi connectivity index (χ0) is 13.3. The van der Waals surface area contributed by atoms with Crippen molar-refractivity contribution in [2.45, 2.75) is 19.9 Å². The molecule has 0 aromatic carbocycles. The van der Waals surface area contributed by atoms with Crippen LogP contribution in [0.4, 0.5) is 0 Å². The average Bonchev–Trinajstić information content (AvgIpc) is 2.24. The molecule has 3 N–H and O–H groups in total. The van der Waals surface area contributed by atoms with Crippen LogP contribution in [0, 0.1) is 0 Å². The summed E-state index contributed by atoms with van der Waals surface area (Å²) in [6.45, 7) is 3.51. The molecule has 8 nitrogen and oxygen atoms in total. The molecule has 0 fully saturated rings. The molecule has 17 heavy (non-hydrogen) atoms. The Hall–Kier alpha value is -0.150. The minimum Gasteiger partial charge on any atom is -0.480 e. The molecular formula is C7H17N2O6PS. The molecule has 0 aliphatic heterocycles. The van der Waals surface area contributed by atoms with Gasteiger partial charge in [0.25, 0.3) is 0 Å². The summed E-state index contributed by atoms with van der Waals surface area (Å²) in [5.74, 6) is -1.10. The van der Waals surface area contributed by atoms with Gasteiger partial charge in [0.05, 0.1) is 13.2 Å². The van der Waals surface area contributed by atoms with E-state index >= 15 is 0 Å². The summed E-state index contributed by atoms with van der Waals surface area (Å²) in [5.41, 5.74) is 4.30. The maximum absolute atomic E-state index is 11.7. The monoisotopic (exact) mass is 288 g/mol. The van der Waals surface area contributed by atoms with Crippen LogP contribution in [0.15, 0.2) is 0 Å². The highest BCUT2D eigenvalue weighted by molar-refractivity contribution is 7.80. The first kappa shape index (κ1) is 16.9. The number of carboxylic acids is 1. The van der Waals surface area contributed by atoms with Crippen molar-refractivity contribution in [2.75, 3.05) is 19.0 Å². The molecule has 0 saturated carbocycles. The third-order valence-electron chi connectivity index (χ3n) is 1.45. The number of carboxylic acid groups (broad SMARTS) is 1. The molecule has 0 rings (SSSR count). The SMILES string of the molecule is CCOP(=O)(OCC)ONN[C@@H](CS)C(=O)O. The third-order valence-corrected chi connectivity index (χ3v) is 3.27. The van der Waals surface area contributed by atoms with Crippen LogP contribution in [0.25, 0.3) is 0 Å². The average molecular weight is 288 g/mol. The second-order valence-corrected chi connectivity index (χ2v) is 4.65. The fraction of sp³-hybridized carbons (Fsp3) is 0.857. The van der Waals surface area contributed by atoms with Crippen LogP contribution in [-0.2, 0) is 23.0 Å². The summed E-state index contributed by atoms with van der Waals surface area (Å²) >= 11 is 3.81. The Balaban J connectivity index is 4.13. The standard InChI is InChI=1S/C7H17N2O6PS/c1-3-13-16(12,14-4-2)15-9-8-6(5-17)7(10)11/h6,8-9,17H,3-5H2,1-2H3,(H,10,11)/t6-/m0/s1. The summed E-state index contributed by atoms with van der Waals surface area (Å²) in [6.07, 6.45) is 0. The first-order chi connectivity index (χ1) is 7.99. The Bertz CT molecular complexity index is 269. The highest BCUT2D eigenvalue weighted by Gasteiger charge is 2.26. The number of rotatable bonds is 10. The van der Waals surface area contributed by atoms with Gasteiger partial charge in [0.1, 0.15) is 6.04 Å². The molecular weight excluding hydrogens is 271 g/mol. The predicted octanol–water partition coefficient (Wildman–Crippen LogP) is 0.576. The van der Waals surface area contributed by atoms with Gasteiger partial charge in [0.2, 0.25) is 0 Å². The van der Waals surface area contributed by atoms with Crippen molar-refractivity contribution in [1.29, 1.82) is 0 Å². The smallest absolute Gasteiger partial charge is 0.480 e. The zero-order valence-electron chi connectivity index (χ0n) is 9.58. The van der Waals surface area contributed by atoms with E-state index in [1.807, 2.05) is 5.59 Å². The molecule has 0 aliphatic carbocycles. The van der Waals surface area contributed by atoms with Crippen molar-refractivity contribution < 1.29 is 28.1 Å². The Labute approximate surface area is 105 Å². The molecule has 0 amide bonds. The van der Waals surface area contributed by atoms with Gasteiger partial charge in [-0.1, -0.05) is 0 Å². The van der Waals surface area contributed by atoms with E-state index < -0.39 is 19.8 Å². The van der Waals surface area contributed by atoms with Gasteiger partial charge in [-0.2, -0.15) is 17.3 Å². The van der Waals surface area contributed by atoms with Crippen LogP contribution in [0.3, 0.4) is 0 Å². The lowest BCUT2D eigenvalue weighted by molar-refractivity contribution is -0.140. The van der Waals surface area contributed by atoms with Gasteiger partial charge in [-0.25, -0.2) is 9.99 Å². The number of hydrogen-bond donors (Lipinski definition) is 4. The lowest BCUT2D eigenvalue weighted by atomic mass is 10.4. The molecule has 10 heteroatoms. The van der Waals surface area contributed by atoms with Gasteiger partial charge in [0.15, 0.2) is 0 Å². The summed E-state index contributed by atoms with van der Waals surface area (Å²) in [5, 5.41) is 8.67. The number of phosphoric acid groups is 1. The van der Waals surface area contributed by atoms with Crippen molar-refractivity contribution in [2.24, 2.45) is 0 Å². The second-order valence-electron chi connectivity index (χ2n) is 2.69. The van der Waals surface area contributed by atoms with Crippen LogP contribution < -0.4 is 11.0 Å². The Morgan fingerprint density at radius 2 is 1.94 bits per heavy atom.